The predicted molar refractivity (Wildman–Crippen MR) is 103 cm³/mol. The van der Waals surface area contributed by atoms with Crippen LogP contribution >= 0.6 is 0 Å². The Morgan fingerprint density at radius 3 is 2.64 bits per heavy atom. The average molecular weight is 394 g/mol. The normalized spacial score (nSPS) is 30.4. The van der Waals surface area contributed by atoms with Crippen molar-refractivity contribution in [2.24, 2.45) is 0 Å². The largest absolute Gasteiger partial charge is 0.545 e. The van der Waals surface area contributed by atoms with Crippen LogP contribution in [0.4, 0.5) is 0 Å². The number of ether oxygens (including phenoxy) is 3. The molecule has 2 aliphatic heterocycles. The highest BCUT2D eigenvalue weighted by Crippen LogP contribution is 2.42. The number of methoxy groups -OCH3 is 3. The summed E-state index contributed by atoms with van der Waals surface area (Å²) in [6.45, 7) is 6.24. The van der Waals surface area contributed by atoms with Gasteiger partial charge in [-0.25, -0.2) is 0 Å². The minimum atomic E-state index is -1.20. The standard InChI is InChI=1S/C21H34N2O5/c1-5-18(23-11-10-22-9-7-6-8-16(22)14-23)21(28-4)13-15(20(24)25)12-17(26-2)19(21)27-3/h12,16,18H,5-11,13-14H2,1-4H3,(H,24,25)/p-1. The highest BCUT2D eigenvalue weighted by molar-refractivity contribution is 5.86. The molecule has 0 saturated carbocycles. The van der Waals surface area contributed by atoms with Crippen LogP contribution in [0.15, 0.2) is 23.2 Å². The van der Waals surface area contributed by atoms with Gasteiger partial charge in [-0.15, -0.1) is 0 Å². The van der Waals surface area contributed by atoms with Crippen molar-refractivity contribution in [1.29, 1.82) is 0 Å². The molecule has 0 aromatic carbocycles. The number of hydrogen-bond acceptors (Lipinski definition) is 7. The molecule has 0 spiro atoms. The van der Waals surface area contributed by atoms with E-state index >= 15 is 0 Å². The molecule has 0 aromatic heterocycles. The van der Waals surface area contributed by atoms with Gasteiger partial charge in [0.25, 0.3) is 0 Å². The third-order valence-electron chi connectivity index (χ3n) is 6.65. The predicted octanol–water partition coefficient (Wildman–Crippen LogP) is 0.905. The van der Waals surface area contributed by atoms with Gasteiger partial charge in [-0.1, -0.05) is 13.3 Å². The maximum Gasteiger partial charge on any atom is 0.171 e. The van der Waals surface area contributed by atoms with E-state index in [1.807, 2.05) is 0 Å². The molecular formula is C21H33N2O5-. The van der Waals surface area contributed by atoms with Gasteiger partial charge in [0.15, 0.2) is 11.5 Å². The molecule has 3 rings (SSSR count). The maximum atomic E-state index is 11.7. The van der Waals surface area contributed by atoms with E-state index < -0.39 is 11.6 Å². The molecule has 28 heavy (non-hydrogen) atoms. The molecule has 0 aromatic rings. The number of carbonyl (C=O) groups excluding carboxylic acids is 1. The smallest absolute Gasteiger partial charge is 0.171 e. The number of carbonyl (C=O) groups is 1. The fraction of sp³-hybridized carbons (Fsp3) is 0.762. The summed E-state index contributed by atoms with van der Waals surface area (Å²) in [5.41, 5.74) is -0.746. The lowest BCUT2D eigenvalue weighted by Crippen LogP contribution is -2.63. The Morgan fingerprint density at radius 1 is 1.25 bits per heavy atom. The molecule has 3 aliphatic rings. The Bertz CT molecular complexity index is 647. The number of hydrogen-bond donors (Lipinski definition) is 0. The van der Waals surface area contributed by atoms with Crippen molar-refractivity contribution in [3.63, 3.8) is 0 Å². The quantitative estimate of drug-likeness (QED) is 0.636. The molecule has 3 unspecified atom stereocenters. The second kappa shape index (κ2) is 8.84. The summed E-state index contributed by atoms with van der Waals surface area (Å²) in [6.07, 6.45) is 6.28. The van der Waals surface area contributed by atoms with Gasteiger partial charge in [-0.2, -0.15) is 0 Å². The van der Waals surface area contributed by atoms with Crippen molar-refractivity contribution >= 4 is 5.97 Å². The highest BCUT2D eigenvalue weighted by atomic mass is 16.5. The number of nitrogens with zero attached hydrogens (tertiary/aromatic N) is 2. The van der Waals surface area contributed by atoms with E-state index in [0.717, 1.165) is 26.1 Å². The third-order valence-corrected chi connectivity index (χ3v) is 6.65. The molecule has 2 saturated heterocycles. The van der Waals surface area contributed by atoms with E-state index in [2.05, 4.69) is 16.7 Å². The second-order valence-electron chi connectivity index (χ2n) is 7.93. The van der Waals surface area contributed by atoms with Crippen molar-refractivity contribution < 1.29 is 24.1 Å². The van der Waals surface area contributed by atoms with Gasteiger partial charge < -0.3 is 24.1 Å². The van der Waals surface area contributed by atoms with Gasteiger partial charge in [-0.3, -0.25) is 9.80 Å². The van der Waals surface area contributed by atoms with Gasteiger partial charge in [0, 0.05) is 45.2 Å². The average Bonchev–Trinajstić information content (AvgIpc) is 2.73. The van der Waals surface area contributed by atoms with E-state index in [4.69, 9.17) is 14.2 Å². The number of piperidine rings is 1. The second-order valence-corrected chi connectivity index (χ2v) is 7.93. The van der Waals surface area contributed by atoms with Crippen LogP contribution in [0.5, 0.6) is 0 Å². The van der Waals surface area contributed by atoms with Crippen LogP contribution in [0.3, 0.4) is 0 Å². The summed E-state index contributed by atoms with van der Waals surface area (Å²) in [5.74, 6) is -0.247. The Balaban J connectivity index is 1.96. The molecule has 7 nitrogen and oxygen atoms in total. The van der Waals surface area contributed by atoms with Crippen LogP contribution in [0.1, 0.15) is 39.0 Å². The lowest BCUT2D eigenvalue weighted by atomic mass is 9.78. The summed E-state index contributed by atoms with van der Waals surface area (Å²) in [5, 5.41) is 11.7. The number of carboxylic acids is 1. The van der Waals surface area contributed by atoms with Crippen LogP contribution in [0, 0.1) is 0 Å². The monoisotopic (exact) mass is 393 g/mol. The molecule has 0 bridgehead atoms. The zero-order chi connectivity index (χ0) is 20.3. The number of rotatable bonds is 7. The first-order chi connectivity index (χ1) is 13.5. The van der Waals surface area contributed by atoms with Crippen LogP contribution in [0.25, 0.3) is 0 Å². The van der Waals surface area contributed by atoms with Crippen LogP contribution in [-0.4, -0.2) is 81.0 Å². The minimum absolute atomic E-state index is 0.0234. The summed E-state index contributed by atoms with van der Waals surface area (Å²) in [6, 6.07) is 0.534. The molecule has 1 aliphatic carbocycles. The molecule has 0 amide bonds. The Kier molecular flexibility index (Phi) is 6.68. The number of fused-ring (bicyclic) bond motifs is 1. The zero-order valence-corrected chi connectivity index (χ0v) is 17.5. The molecular weight excluding hydrogens is 360 g/mol. The number of piperazine rings is 1. The Morgan fingerprint density at radius 2 is 2.04 bits per heavy atom. The van der Waals surface area contributed by atoms with Crippen molar-refractivity contribution in [1.82, 2.24) is 9.80 Å². The highest BCUT2D eigenvalue weighted by Gasteiger charge is 2.51. The van der Waals surface area contributed by atoms with Crippen molar-refractivity contribution in [2.45, 2.75) is 56.7 Å². The van der Waals surface area contributed by atoms with E-state index in [1.54, 1.807) is 14.2 Å². The van der Waals surface area contributed by atoms with E-state index in [0.29, 0.717) is 17.6 Å². The SMILES string of the molecule is CCC(N1CCN2CCCCC2C1)C1(OC)CC(C(=O)[O-])=CC(OC)=C1OC. The molecule has 0 radical (unpaired) electrons. The number of aliphatic carboxylic acids is 1. The first-order valence-electron chi connectivity index (χ1n) is 10.3. The van der Waals surface area contributed by atoms with Crippen LogP contribution in [-0.2, 0) is 19.0 Å². The maximum absolute atomic E-state index is 11.7. The minimum Gasteiger partial charge on any atom is -0.545 e. The molecule has 158 valence electrons. The molecule has 2 heterocycles. The zero-order valence-electron chi connectivity index (χ0n) is 17.5. The Labute approximate surface area is 167 Å². The van der Waals surface area contributed by atoms with Crippen LogP contribution in [0.2, 0.25) is 0 Å². The number of allylic oxidation sites excluding steroid dienone is 1. The van der Waals surface area contributed by atoms with Gasteiger partial charge in [0.05, 0.1) is 20.2 Å². The lowest BCUT2D eigenvalue weighted by Gasteiger charge is -2.52. The Hall–Kier alpha value is -1.57. The van der Waals surface area contributed by atoms with Gasteiger partial charge in [0.1, 0.15) is 5.60 Å². The first-order valence-corrected chi connectivity index (χ1v) is 10.3. The van der Waals surface area contributed by atoms with E-state index in [1.165, 1.54) is 39.0 Å². The van der Waals surface area contributed by atoms with Crippen molar-refractivity contribution in [2.75, 3.05) is 47.5 Å². The van der Waals surface area contributed by atoms with E-state index in [9.17, 15) is 9.90 Å². The fourth-order valence-electron chi connectivity index (χ4n) is 5.32. The topological polar surface area (TPSA) is 74.3 Å². The van der Waals surface area contributed by atoms with E-state index in [-0.39, 0.29) is 18.0 Å². The lowest BCUT2D eigenvalue weighted by molar-refractivity contribution is -0.300. The third kappa shape index (κ3) is 3.67. The molecule has 3 atom stereocenters. The summed E-state index contributed by atoms with van der Waals surface area (Å²) < 4.78 is 17.3. The molecule has 7 heteroatoms. The van der Waals surface area contributed by atoms with Crippen molar-refractivity contribution in [3.05, 3.63) is 23.2 Å². The van der Waals surface area contributed by atoms with Gasteiger partial charge in [0.2, 0.25) is 0 Å². The van der Waals surface area contributed by atoms with Gasteiger partial charge in [-0.05, 0) is 37.5 Å². The number of carboxylic acid groups (broad SMARTS) is 1. The summed E-state index contributed by atoms with van der Waals surface area (Å²) in [4.78, 5) is 16.8. The first kappa shape index (κ1) is 21.1. The van der Waals surface area contributed by atoms with Crippen molar-refractivity contribution in [3.8, 4) is 0 Å². The fourth-order valence-corrected chi connectivity index (χ4v) is 5.32. The summed E-state index contributed by atoms with van der Waals surface area (Å²) in [7, 11) is 4.74. The molecule has 2 fully saturated rings. The van der Waals surface area contributed by atoms with Crippen LogP contribution < -0.4 is 5.11 Å². The summed E-state index contributed by atoms with van der Waals surface area (Å²) >= 11 is 0. The van der Waals surface area contributed by atoms with Gasteiger partial charge >= 0.3 is 0 Å². The molecule has 0 N–H and O–H groups in total.